The molecule has 4 nitrogen and oxygen atoms in total. The first kappa shape index (κ1) is 15.3. The van der Waals surface area contributed by atoms with Crippen molar-refractivity contribution in [2.24, 2.45) is 0 Å². The molecule has 1 atom stereocenters. The number of halogens is 1. The van der Waals surface area contributed by atoms with Crippen LogP contribution in [0.3, 0.4) is 0 Å². The highest BCUT2D eigenvalue weighted by atomic mass is 32.2. The fourth-order valence-corrected chi connectivity index (χ4v) is 2.68. The van der Waals surface area contributed by atoms with Crippen molar-refractivity contribution in [2.45, 2.75) is 17.9 Å². The van der Waals surface area contributed by atoms with Crippen LogP contribution in [-0.2, 0) is 9.84 Å². The molecule has 0 bridgehead atoms. The van der Waals surface area contributed by atoms with Crippen LogP contribution in [0.15, 0.2) is 47.4 Å². The quantitative estimate of drug-likeness (QED) is 0.910. The Labute approximate surface area is 123 Å². The summed E-state index contributed by atoms with van der Waals surface area (Å²) < 4.78 is 36.3. The first-order valence-corrected chi connectivity index (χ1v) is 8.21. The molecular formula is C15H16FNO3S. The minimum absolute atomic E-state index is 0.0179. The van der Waals surface area contributed by atoms with Gasteiger partial charge in [0.2, 0.25) is 0 Å². The van der Waals surface area contributed by atoms with E-state index in [1.54, 1.807) is 19.1 Å². The van der Waals surface area contributed by atoms with Crippen LogP contribution in [0.5, 0.6) is 5.75 Å². The monoisotopic (exact) mass is 309 g/mol. The number of rotatable bonds is 4. The average molecular weight is 309 g/mol. The van der Waals surface area contributed by atoms with Crippen LogP contribution in [0.1, 0.15) is 18.5 Å². The van der Waals surface area contributed by atoms with Crippen molar-refractivity contribution in [2.75, 3.05) is 11.6 Å². The van der Waals surface area contributed by atoms with Crippen molar-refractivity contribution in [1.82, 2.24) is 0 Å². The Morgan fingerprint density at radius 1 is 1.19 bits per heavy atom. The van der Waals surface area contributed by atoms with Gasteiger partial charge in [-0.2, -0.15) is 0 Å². The normalized spacial score (nSPS) is 12.9. The van der Waals surface area contributed by atoms with Crippen molar-refractivity contribution in [1.29, 1.82) is 0 Å². The molecule has 2 N–H and O–H groups in total. The lowest BCUT2D eigenvalue weighted by Crippen LogP contribution is -2.08. The summed E-state index contributed by atoms with van der Waals surface area (Å²) in [6.07, 6.45) is 1.13. The highest BCUT2D eigenvalue weighted by Crippen LogP contribution is 2.28. The summed E-state index contributed by atoms with van der Waals surface area (Å²) in [5.41, 5.74) is 0.980. The molecule has 1 unspecified atom stereocenters. The van der Waals surface area contributed by atoms with E-state index in [0.717, 1.165) is 6.26 Å². The van der Waals surface area contributed by atoms with Gasteiger partial charge in [-0.25, -0.2) is 12.8 Å². The molecule has 0 heterocycles. The number of aromatic hydroxyl groups is 1. The maximum Gasteiger partial charge on any atom is 0.175 e. The van der Waals surface area contributed by atoms with Gasteiger partial charge in [0.25, 0.3) is 0 Å². The molecule has 0 radical (unpaired) electrons. The lowest BCUT2D eigenvalue weighted by Gasteiger charge is -2.17. The Hall–Kier alpha value is -2.08. The third-order valence-corrected chi connectivity index (χ3v) is 4.21. The van der Waals surface area contributed by atoms with Gasteiger partial charge in [-0.3, -0.25) is 0 Å². The van der Waals surface area contributed by atoms with E-state index in [0.29, 0.717) is 11.3 Å². The molecule has 2 rings (SSSR count). The second-order valence-corrected chi connectivity index (χ2v) is 6.88. The molecule has 0 spiro atoms. The Balaban J connectivity index is 2.28. The first-order chi connectivity index (χ1) is 9.77. The number of phenolic OH excluding ortho intramolecular Hbond substituents is 1. The minimum Gasteiger partial charge on any atom is -0.508 e. The number of hydrogen-bond acceptors (Lipinski definition) is 4. The minimum atomic E-state index is -3.29. The molecule has 0 aromatic heterocycles. The SMILES string of the molecule is CC(Nc1cccc(S(C)(=O)=O)c1)c1cc(F)ccc1O. The number of sulfone groups is 1. The Morgan fingerprint density at radius 3 is 2.57 bits per heavy atom. The maximum absolute atomic E-state index is 13.2. The zero-order valence-corrected chi connectivity index (χ0v) is 12.5. The second-order valence-electron chi connectivity index (χ2n) is 4.87. The molecule has 0 aliphatic heterocycles. The third kappa shape index (κ3) is 3.72. The van der Waals surface area contributed by atoms with Crippen LogP contribution in [-0.4, -0.2) is 19.8 Å². The molecule has 2 aromatic carbocycles. The highest BCUT2D eigenvalue weighted by molar-refractivity contribution is 7.90. The first-order valence-electron chi connectivity index (χ1n) is 6.32. The zero-order valence-electron chi connectivity index (χ0n) is 11.7. The summed E-state index contributed by atoms with van der Waals surface area (Å²) in [6.45, 7) is 1.75. The maximum atomic E-state index is 13.2. The van der Waals surface area contributed by atoms with Crippen molar-refractivity contribution >= 4 is 15.5 Å². The number of benzene rings is 2. The second kappa shape index (κ2) is 5.73. The van der Waals surface area contributed by atoms with Crippen molar-refractivity contribution in [3.05, 3.63) is 53.8 Å². The van der Waals surface area contributed by atoms with Crippen molar-refractivity contribution < 1.29 is 17.9 Å². The van der Waals surface area contributed by atoms with Crippen LogP contribution in [0.2, 0.25) is 0 Å². The van der Waals surface area contributed by atoms with E-state index in [4.69, 9.17) is 0 Å². The van der Waals surface area contributed by atoms with E-state index in [1.165, 1.54) is 30.3 Å². The molecule has 21 heavy (non-hydrogen) atoms. The molecule has 6 heteroatoms. The molecule has 0 aliphatic carbocycles. The van der Waals surface area contributed by atoms with Gasteiger partial charge in [0, 0.05) is 17.5 Å². The Bertz CT molecular complexity index is 759. The number of phenols is 1. The van der Waals surface area contributed by atoms with Gasteiger partial charge in [-0.1, -0.05) is 6.07 Å². The third-order valence-electron chi connectivity index (χ3n) is 3.10. The van der Waals surface area contributed by atoms with Crippen LogP contribution in [0.4, 0.5) is 10.1 Å². The molecule has 0 amide bonds. The zero-order chi connectivity index (χ0) is 15.6. The Kier molecular flexibility index (Phi) is 4.18. The summed E-state index contributed by atoms with van der Waals surface area (Å²) in [6, 6.07) is 9.67. The summed E-state index contributed by atoms with van der Waals surface area (Å²) in [5, 5.41) is 12.8. The Morgan fingerprint density at radius 2 is 1.90 bits per heavy atom. The van der Waals surface area contributed by atoms with Crippen LogP contribution < -0.4 is 5.32 Å². The van der Waals surface area contributed by atoms with Crippen LogP contribution in [0.25, 0.3) is 0 Å². The number of anilines is 1. The van der Waals surface area contributed by atoms with Crippen molar-refractivity contribution in [3.8, 4) is 5.75 Å². The van der Waals surface area contributed by atoms with E-state index >= 15 is 0 Å². The summed E-state index contributed by atoms with van der Waals surface area (Å²) in [4.78, 5) is 0.197. The average Bonchev–Trinajstić information content (AvgIpc) is 2.41. The van der Waals surface area contributed by atoms with E-state index in [2.05, 4.69) is 5.32 Å². The van der Waals surface area contributed by atoms with Gasteiger partial charge in [-0.05, 0) is 43.3 Å². The fourth-order valence-electron chi connectivity index (χ4n) is 2.02. The van der Waals surface area contributed by atoms with Crippen LogP contribution in [0, 0.1) is 5.82 Å². The van der Waals surface area contributed by atoms with Gasteiger partial charge in [0.1, 0.15) is 11.6 Å². The van der Waals surface area contributed by atoms with E-state index in [9.17, 15) is 17.9 Å². The lowest BCUT2D eigenvalue weighted by molar-refractivity contribution is 0.462. The van der Waals surface area contributed by atoms with E-state index < -0.39 is 15.7 Å². The largest absolute Gasteiger partial charge is 0.508 e. The molecular weight excluding hydrogens is 293 g/mol. The molecule has 0 saturated heterocycles. The standard InChI is InChI=1S/C15H16FNO3S/c1-10(14-8-11(16)6-7-15(14)18)17-12-4-3-5-13(9-12)21(2,19)20/h3-10,17-18H,1-2H3. The van der Waals surface area contributed by atoms with Gasteiger partial charge in [-0.15, -0.1) is 0 Å². The molecule has 0 fully saturated rings. The summed E-state index contributed by atoms with van der Waals surface area (Å²) >= 11 is 0. The fraction of sp³-hybridized carbons (Fsp3) is 0.200. The van der Waals surface area contributed by atoms with Gasteiger partial charge in [0.05, 0.1) is 10.9 Å². The molecule has 112 valence electrons. The van der Waals surface area contributed by atoms with Gasteiger partial charge < -0.3 is 10.4 Å². The molecule has 0 aliphatic rings. The molecule has 0 saturated carbocycles. The predicted molar refractivity (Wildman–Crippen MR) is 79.7 cm³/mol. The van der Waals surface area contributed by atoms with E-state index in [1.807, 2.05) is 0 Å². The summed E-state index contributed by atoms with van der Waals surface area (Å²) in [5.74, 6) is -0.461. The van der Waals surface area contributed by atoms with Gasteiger partial charge in [0.15, 0.2) is 9.84 Å². The summed E-state index contributed by atoms with van der Waals surface area (Å²) in [7, 11) is -3.29. The highest BCUT2D eigenvalue weighted by Gasteiger charge is 2.13. The molecule has 2 aromatic rings. The van der Waals surface area contributed by atoms with E-state index in [-0.39, 0.29) is 16.7 Å². The number of hydrogen-bond donors (Lipinski definition) is 2. The lowest BCUT2D eigenvalue weighted by atomic mass is 10.1. The smallest absolute Gasteiger partial charge is 0.175 e. The number of nitrogens with one attached hydrogen (secondary N) is 1. The van der Waals surface area contributed by atoms with Crippen molar-refractivity contribution in [3.63, 3.8) is 0 Å². The van der Waals surface area contributed by atoms with Gasteiger partial charge >= 0.3 is 0 Å². The topological polar surface area (TPSA) is 66.4 Å². The van der Waals surface area contributed by atoms with Crippen LogP contribution >= 0.6 is 0 Å². The predicted octanol–water partition coefficient (Wildman–Crippen LogP) is 3.11.